The third kappa shape index (κ3) is 3.69. The molecule has 2 aromatic carbocycles. The summed E-state index contributed by atoms with van der Waals surface area (Å²) in [6.45, 7) is 1.91. The van der Waals surface area contributed by atoms with Crippen molar-refractivity contribution in [3.63, 3.8) is 0 Å². The van der Waals surface area contributed by atoms with E-state index >= 15 is 0 Å². The number of rotatable bonds is 4. The number of Topliss-reactive ketones (excluding diaryl/α,β-unsaturated/α-hetero) is 1. The van der Waals surface area contributed by atoms with Crippen molar-refractivity contribution in [2.45, 2.75) is 11.8 Å². The number of carbonyl (C=O) groups is 1. The van der Waals surface area contributed by atoms with Crippen LogP contribution >= 0.6 is 23.2 Å². The van der Waals surface area contributed by atoms with Gasteiger partial charge in [0.2, 0.25) is 0 Å². The summed E-state index contributed by atoms with van der Waals surface area (Å²) in [5.74, 6) is -0.388. The zero-order valence-corrected chi connectivity index (χ0v) is 13.1. The number of hydrogen-bond donors (Lipinski definition) is 0. The highest BCUT2D eigenvalue weighted by atomic mass is 35.5. The van der Waals surface area contributed by atoms with Gasteiger partial charge in [-0.25, -0.2) is 0 Å². The lowest BCUT2D eigenvalue weighted by molar-refractivity contribution is 0.102. The Bertz CT molecular complexity index is 683. The van der Waals surface area contributed by atoms with Crippen LogP contribution in [0.5, 0.6) is 0 Å². The largest absolute Gasteiger partial charge is 0.293 e. The maximum Gasteiger partial charge on any atom is 0.177 e. The lowest BCUT2D eigenvalue weighted by atomic mass is 10.1. The van der Waals surface area contributed by atoms with E-state index in [4.69, 9.17) is 23.2 Å². The second kappa shape index (κ2) is 6.53. The molecule has 0 heterocycles. The van der Waals surface area contributed by atoms with Gasteiger partial charge in [-0.15, -0.1) is 0 Å². The first kappa shape index (κ1) is 15.2. The summed E-state index contributed by atoms with van der Waals surface area (Å²) in [4.78, 5) is 12.8. The smallest absolute Gasteiger partial charge is 0.177 e. The number of hydrogen-bond acceptors (Lipinski definition) is 2. The topological polar surface area (TPSA) is 34.1 Å². The molecule has 20 heavy (non-hydrogen) atoms. The van der Waals surface area contributed by atoms with Gasteiger partial charge < -0.3 is 0 Å². The summed E-state index contributed by atoms with van der Waals surface area (Å²) in [6, 6.07) is 12.0. The fourth-order valence-corrected chi connectivity index (χ4v) is 3.25. The molecule has 2 rings (SSSR count). The van der Waals surface area contributed by atoms with Crippen LogP contribution in [-0.2, 0) is 10.8 Å². The minimum atomic E-state index is -1.39. The van der Waals surface area contributed by atoms with Gasteiger partial charge in [-0.3, -0.25) is 9.00 Å². The van der Waals surface area contributed by atoms with Gasteiger partial charge >= 0.3 is 0 Å². The Kier molecular flexibility index (Phi) is 4.97. The summed E-state index contributed by atoms with van der Waals surface area (Å²) in [6.07, 6.45) is 0. The van der Waals surface area contributed by atoms with Crippen molar-refractivity contribution in [2.24, 2.45) is 0 Å². The number of halogens is 2. The van der Waals surface area contributed by atoms with Crippen LogP contribution in [0.2, 0.25) is 10.0 Å². The SMILES string of the molecule is Cc1cccc(S(=O)CC(=O)c2cc(Cl)ccc2Cl)c1. The van der Waals surface area contributed by atoms with Crippen LogP contribution in [0.3, 0.4) is 0 Å². The van der Waals surface area contributed by atoms with Crippen molar-refractivity contribution in [1.29, 1.82) is 0 Å². The Morgan fingerprint density at radius 1 is 1.15 bits per heavy atom. The van der Waals surface area contributed by atoms with Crippen LogP contribution in [0.25, 0.3) is 0 Å². The first-order valence-corrected chi connectivity index (χ1v) is 7.98. The van der Waals surface area contributed by atoms with Crippen molar-refractivity contribution in [1.82, 2.24) is 0 Å². The maximum atomic E-state index is 12.2. The van der Waals surface area contributed by atoms with Crippen molar-refractivity contribution in [2.75, 3.05) is 5.75 Å². The average molecular weight is 327 g/mol. The standard InChI is InChI=1S/C15H12Cl2O2S/c1-10-3-2-4-12(7-10)20(19)9-15(18)13-8-11(16)5-6-14(13)17/h2-8H,9H2,1H3. The lowest BCUT2D eigenvalue weighted by Gasteiger charge is -2.05. The van der Waals surface area contributed by atoms with E-state index < -0.39 is 10.8 Å². The Morgan fingerprint density at radius 2 is 1.90 bits per heavy atom. The van der Waals surface area contributed by atoms with E-state index in [1.807, 2.05) is 25.1 Å². The van der Waals surface area contributed by atoms with E-state index in [9.17, 15) is 9.00 Å². The highest BCUT2D eigenvalue weighted by Gasteiger charge is 2.15. The van der Waals surface area contributed by atoms with Crippen LogP contribution in [0.15, 0.2) is 47.4 Å². The lowest BCUT2D eigenvalue weighted by Crippen LogP contribution is -2.11. The molecule has 0 N–H and O–H groups in total. The molecule has 0 fully saturated rings. The first-order valence-electron chi connectivity index (χ1n) is 5.90. The minimum Gasteiger partial charge on any atom is -0.293 e. The van der Waals surface area contributed by atoms with Gasteiger partial charge in [0.1, 0.15) is 0 Å². The van der Waals surface area contributed by atoms with Crippen molar-refractivity contribution in [3.05, 3.63) is 63.6 Å². The zero-order chi connectivity index (χ0) is 14.7. The van der Waals surface area contributed by atoms with Crippen molar-refractivity contribution < 1.29 is 9.00 Å². The number of carbonyl (C=O) groups excluding carboxylic acids is 1. The van der Waals surface area contributed by atoms with Gasteiger partial charge in [0.25, 0.3) is 0 Å². The summed E-state index contributed by atoms with van der Waals surface area (Å²) in [5, 5.41) is 0.750. The molecule has 2 nitrogen and oxygen atoms in total. The molecule has 0 spiro atoms. The Labute approximate surface area is 130 Å². The van der Waals surface area contributed by atoms with E-state index in [1.165, 1.54) is 6.07 Å². The molecule has 0 amide bonds. The van der Waals surface area contributed by atoms with Crippen LogP contribution in [0, 0.1) is 6.92 Å². The van der Waals surface area contributed by atoms with E-state index in [0.717, 1.165) is 5.56 Å². The molecule has 0 aromatic heterocycles. The van der Waals surface area contributed by atoms with Gasteiger partial charge in [-0.2, -0.15) is 0 Å². The van der Waals surface area contributed by atoms with Gasteiger partial charge in [0.15, 0.2) is 5.78 Å². The highest BCUT2D eigenvalue weighted by Crippen LogP contribution is 2.22. The Hall–Kier alpha value is -1.16. The highest BCUT2D eigenvalue weighted by molar-refractivity contribution is 7.85. The second-order valence-electron chi connectivity index (χ2n) is 4.35. The monoisotopic (exact) mass is 326 g/mol. The molecule has 1 atom stereocenters. The van der Waals surface area contributed by atoms with E-state index in [0.29, 0.717) is 20.5 Å². The Balaban J connectivity index is 2.19. The molecule has 5 heteroatoms. The fourth-order valence-electron chi connectivity index (χ4n) is 1.75. The average Bonchev–Trinajstić information content (AvgIpc) is 2.41. The predicted molar refractivity (Wildman–Crippen MR) is 83.2 cm³/mol. The van der Waals surface area contributed by atoms with Gasteiger partial charge in [-0.1, -0.05) is 35.3 Å². The predicted octanol–water partition coefficient (Wildman–Crippen LogP) is 4.29. The van der Waals surface area contributed by atoms with Gasteiger partial charge in [0, 0.05) is 15.5 Å². The molecule has 0 aliphatic rings. The Morgan fingerprint density at radius 3 is 2.60 bits per heavy atom. The molecule has 2 aromatic rings. The van der Waals surface area contributed by atoms with Crippen LogP contribution in [0.1, 0.15) is 15.9 Å². The number of ketones is 1. The maximum absolute atomic E-state index is 12.2. The fraction of sp³-hybridized carbons (Fsp3) is 0.133. The van der Waals surface area contributed by atoms with Crippen molar-refractivity contribution >= 4 is 39.8 Å². The molecular weight excluding hydrogens is 315 g/mol. The molecule has 0 saturated carbocycles. The first-order chi connectivity index (χ1) is 9.47. The molecule has 0 bridgehead atoms. The van der Waals surface area contributed by atoms with E-state index in [2.05, 4.69) is 0 Å². The van der Waals surface area contributed by atoms with Gasteiger partial charge in [0.05, 0.1) is 21.6 Å². The molecule has 0 aliphatic heterocycles. The molecule has 104 valence electrons. The third-order valence-electron chi connectivity index (χ3n) is 2.74. The third-order valence-corrected chi connectivity index (χ3v) is 4.61. The molecular formula is C15H12Cl2O2S. The summed E-state index contributed by atoms with van der Waals surface area (Å²) in [5.41, 5.74) is 1.31. The summed E-state index contributed by atoms with van der Waals surface area (Å²) in [7, 11) is -1.39. The van der Waals surface area contributed by atoms with Crippen LogP contribution in [0.4, 0.5) is 0 Å². The quantitative estimate of drug-likeness (QED) is 0.785. The van der Waals surface area contributed by atoms with E-state index in [1.54, 1.807) is 18.2 Å². The number of benzene rings is 2. The van der Waals surface area contributed by atoms with Crippen LogP contribution in [-0.4, -0.2) is 15.7 Å². The summed E-state index contributed by atoms with van der Waals surface area (Å²) >= 11 is 11.8. The van der Waals surface area contributed by atoms with E-state index in [-0.39, 0.29) is 11.5 Å². The second-order valence-corrected chi connectivity index (χ2v) is 6.65. The van der Waals surface area contributed by atoms with Crippen LogP contribution < -0.4 is 0 Å². The normalized spacial score (nSPS) is 12.2. The van der Waals surface area contributed by atoms with Crippen molar-refractivity contribution in [3.8, 4) is 0 Å². The zero-order valence-electron chi connectivity index (χ0n) is 10.7. The molecule has 0 radical (unpaired) electrons. The molecule has 0 saturated heterocycles. The minimum absolute atomic E-state index is 0.108. The summed E-state index contributed by atoms with van der Waals surface area (Å²) < 4.78 is 12.2. The number of aryl methyl sites for hydroxylation is 1. The van der Waals surface area contributed by atoms with Gasteiger partial charge in [-0.05, 0) is 42.8 Å². The molecule has 1 unspecified atom stereocenters. The molecule has 0 aliphatic carbocycles.